The fourth-order valence-corrected chi connectivity index (χ4v) is 18.2. The van der Waals surface area contributed by atoms with Crippen LogP contribution >= 0.6 is 0 Å². The summed E-state index contributed by atoms with van der Waals surface area (Å²) in [6, 6.07) is 159. The molecule has 0 radical (unpaired) electrons. The molecule has 23 rings (SSSR count). The van der Waals surface area contributed by atoms with Gasteiger partial charge in [-0.2, -0.15) is 0 Å². The molecule has 0 aliphatic rings. The van der Waals surface area contributed by atoms with Crippen molar-refractivity contribution in [2.45, 2.75) is 0 Å². The molecule has 4 heteroatoms. The Morgan fingerprint density at radius 1 is 0.123 bits per heavy atom. The highest BCUT2D eigenvalue weighted by Crippen LogP contribution is 2.46. The first-order valence-electron chi connectivity index (χ1n) is 39.3. The molecule has 4 aromatic heterocycles. The van der Waals surface area contributed by atoms with Crippen LogP contribution in [0.4, 0.5) is 0 Å². The maximum atomic E-state index is 2.47. The van der Waals surface area contributed by atoms with Crippen molar-refractivity contribution in [2.75, 3.05) is 0 Å². The van der Waals surface area contributed by atoms with E-state index < -0.39 is 0 Å². The quantitative estimate of drug-likeness (QED) is 0.115. The minimum absolute atomic E-state index is 1.16. The van der Waals surface area contributed by atoms with Gasteiger partial charge in [-0.3, -0.25) is 0 Å². The molecule has 0 aliphatic carbocycles. The standard InChI is InChI=1S/C56H36N2.C54H36N2/c1-2-14-37(15-3-1)38-26-30-42(31-27-38)57-52-23-11-9-21-47(52)50-34-39(28-32-55(50)57)40-29-33-56-51(35-40)48-22-10-13-25-54(48)58(56)53-24-12-8-20-46(53)49-36-41-16-4-5-17-43(41)44-18-6-7-19-45(44)49;1-3-16-37(17-4-1)39-20-15-21-42(34-39)44-23-8-12-27-50(44)56-52-29-14-10-25-46(52)48-36-41(31-33-54(48)56)40-30-32-53-47(35-40)45-24-9-13-28-51(45)55(53)49-26-11-7-22-43(49)38-18-5-2-6-19-38/h1-36H;1-36H. The Morgan fingerprint density at radius 3 is 0.886 bits per heavy atom. The summed E-state index contributed by atoms with van der Waals surface area (Å²) >= 11 is 0. The average Bonchev–Trinajstić information content (AvgIpc) is 1.46. The minimum atomic E-state index is 1.16. The van der Waals surface area contributed by atoms with E-state index in [0.29, 0.717) is 0 Å². The van der Waals surface area contributed by atoms with E-state index in [0.717, 1.165) is 5.69 Å². The van der Waals surface area contributed by atoms with Crippen LogP contribution < -0.4 is 0 Å². The van der Waals surface area contributed by atoms with E-state index in [1.165, 1.54) is 204 Å². The molecule has 4 nitrogen and oxygen atoms in total. The Balaban J connectivity index is 0.000000139. The van der Waals surface area contributed by atoms with Crippen molar-refractivity contribution in [3.63, 3.8) is 0 Å². The molecule has 19 aromatic carbocycles. The predicted molar refractivity (Wildman–Crippen MR) is 483 cm³/mol. The lowest BCUT2D eigenvalue weighted by molar-refractivity contribution is 1.18. The highest BCUT2D eigenvalue weighted by molar-refractivity contribution is 6.18. The van der Waals surface area contributed by atoms with Crippen LogP contribution in [0.15, 0.2) is 437 Å². The highest BCUT2D eigenvalue weighted by Gasteiger charge is 2.23. The number of nitrogens with zero attached hydrogens (tertiary/aromatic N) is 4. The van der Waals surface area contributed by atoms with Crippen molar-refractivity contribution >= 4 is 109 Å². The number of fused-ring (bicyclic) bond motifs is 15. The molecule has 0 amide bonds. The van der Waals surface area contributed by atoms with Gasteiger partial charge in [0.05, 0.1) is 61.2 Å². The zero-order valence-corrected chi connectivity index (χ0v) is 62.4. The summed E-state index contributed by atoms with van der Waals surface area (Å²) in [4.78, 5) is 0. The lowest BCUT2D eigenvalue weighted by Gasteiger charge is -2.17. The van der Waals surface area contributed by atoms with Crippen molar-refractivity contribution < 1.29 is 0 Å². The van der Waals surface area contributed by atoms with Crippen molar-refractivity contribution in [1.82, 2.24) is 18.3 Å². The first-order valence-corrected chi connectivity index (χ1v) is 39.3. The molecule has 0 saturated heterocycles. The summed E-state index contributed by atoms with van der Waals surface area (Å²) < 4.78 is 9.74. The van der Waals surface area contributed by atoms with Gasteiger partial charge >= 0.3 is 0 Å². The van der Waals surface area contributed by atoms with Gasteiger partial charge in [0.1, 0.15) is 0 Å². The Morgan fingerprint density at radius 2 is 0.412 bits per heavy atom. The number of hydrogen-bond acceptors (Lipinski definition) is 0. The molecule has 23 aromatic rings. The monoisotopic (exact) mass is 1450 g/mol. The van der Waals surface area contributed by atoms with Crippen molar-refractivity contribution in [1.29, 1.82) is 0 Å². The zero-order valence-electron chi connectivity index (χ0n) is 62.4. The summed E-state index contributed by atoms with van der Waals surface area (Å²) in [5.41, 5.74) is 31.2. The molecular weight excluding hydrogens is 1380 g/mol. The van der Waals surface area contributed by atoms with Gasteiger partial charge in [0, 0.05) is 65.5 Å². The Hall–Kier alpha value is -15.1. The molecule has 0 atom stereocenters. The average molecular weight is 1450 g/mol. The summed E-state index contributed by atoms with van der Waals surface area (Å²) in [5.74, 6) is 0. The van der Waals surface area contributed by atoms with Crippen LogP contribution in [-0.4, -0.2) is 18.3 Å². The molecule has 0 N–H and O–H groups in total. The SMILES string of the molecule is c1ccc(-c2ccc(-n3c4ccccc4c4cc(-c5ccc6c(c5)c5ccccc5n6-c5ccccc5-c5cc6ccccc6c6ccccc56)ccc43)cc2)cc1.c1ccc(-c2cccc(-c3ccccc3-n3c4ccccc4c4cc(-c5ccc6c(c5)c5ccccc5n6-c5ccccc5-c5ccccc5)ccc43)c2)cc1. The van der Waals surface area contributed by atoms with Crippen LogP contribution in [0.25, 0.3) is 209 Å². The van der Waals surface area contributed by atoms with E-state index in [1.54, 1.807) is 0 Å². The smallest absolute Gasteiger partial charge is 0.0541 e. The predicted octanol–water partition coefficient (Wildman–Crippen LogP) is 29.7. The van der Waals surface area contributed by atoms with Crippen LogP contribution in [0.1, 0.15) is 0 Å². The van der Waals surface area contributed by atoms with Gasteiger partial charge in [-0.1, -0.05) is 322 Å². The molecule has 0 unspecified atom stereocenters. The maximum absolute atomic E-state index is 2.47. The lowest BCUT2D eigenvalue weighted by Crippen LogP contribution is -1.97. The van der Waals surface area contributed by atoms with E-state index in [2.05, 4.69) is 455 Å². The number of rotatable bonds is 11. The Labute approximate surface area is 660 Å². The number of para-hydroxylation sites is 7. The van der Waals surface area contributed by atoms with Gasteiger partial charge in [0.25, 0.3) is 0 Å². The molecule has 532 valence electrons. The van der Waals surface area contributed by atoms with Gasteiger partial charge in [-0.25, -0.2) is 0 Å². The molecule has 0 fully saturated rings. The minimum Gasteiger partial charge on any atom is -0.309 e. The normalized spacial score (nSPS) is 11.7. The van der Waals surface area contributed by atoms with Gasteiger partial charge in [-0.05, 0) is 198 Å². The molecule has 4 heterocycles. The van der Waals surface area contributed by atoms with E-state index in [9.17, 15) is 0 Å². The van der Waals surface area contributed by atoms with Gasteiger partial charge < -0.3 is 18.3 Å². The highest BCUT2D eigenvalue weighted by atomic mass is 15.0. The van der Waals surface area contributed by atoms with Gasteiger partial charge in [0.15, 0.2) is 0 Å². The van der Waals surface area contributed by atoms with Crippen molar-refractivity contribution in [3.05, 3.63) is 437 Å². The molecule has 0 aliphatic heterocycles. The largest absolute Gasteiger partial charge is 0.309 e. The fourth-order valence-electron chi connectivity index (χ4n) is 18.2. The molecule has 0 bridgehead atoms. The molecule has 0 saturated carbocycles. The number of benzene rings is 19. The van der Waals surface area contributed by atoms with E-state index in [4.69, 9.17) is 0 Å². The summed E-state index contributed by atoms with van der Waals surface area (Å²) in [6.07, 6.45) is 0. The molecule has 114 heavy (non-hydrogen) atoms. The van der Waals surface area contributed by atoms with E-state index >= 15 is 0 Å². The van der Waals surface area contributed by atoms with Crippen LogP contribution in [0.3, 0.4) is 0 Å². The topological polar surface area (TPSA) is 19.7 Å². The summed E-state index contributed by atoms with van der Waals surface area (Å²) in [7, 11) is 0. The molecular formula is C110H72N4. The second-order valence-corrected chi connectivity index (χ2v) is 29.8. The maximum Gasteiger partial charge on any atom is 0.0541 e. The van der Waals surface area contributed by atoms with Crippen LogP contribution in [0.5, 0.6) is 0 Å². The third-order valence-electron chi connectivity index (χ3n) is 23.4. The lowest BCUT2D eigenvalue weighted by atomic mass is 9.92. The second-order valence-electron chi connectivity index (χ2n) is 29.8. The third kappa shape index (κ3) is 11.1. The molecule has 0 spiro atoms. The van der Waals surface area contributed by atoms with Gasteiger partial charge in [-0.15, -0.1) is 0 Å². The summed E-state index contributed by atoms with van der Waals surface area (Å²) in [6.45, 7) is 0. The third-order valence-corrected chi connectivity index (χ3v) is 23.4. The van der Waals surface area contributed by atoms with Crippen LogP contribution in [0.2, 0.25) is 0 Å². The fraction of sp³-hybridized carbons (Fsp3) is 0. The Bertz CT molecular complexity index is 7700. The summed E-state index contributed by atoms with van der Waals surface area (Å²) in [5, 5.41) is 15.0. The number of aromatic nitrogens is 4. The Kier molecular flexibility index (Phi) is 15.9. The number of hydrogen-bond donors (Lipinski definition) is 0. The van der Waals surface area contributed by atoms with E-state index in [1.807, 2.05) is 0 Å². The zero-order chi connectivity index (χ0) is 75.2. The van der Waals surface area contributed by atoms with Crippen LogP contribution in [-0.2, 0) is 0 Å². The van der Waals surface area contributed by atoms with Crippen LogP contribution in [0, 0.1) is 0 Å². The first-order chi connectivity index (χ1) is 56.6. The van der Waals surface area contributed by atoms with E-state index in [-0.39, 0.29) is 0 Å². The first kappa shape index (κ1) is 65.9. The van der Waals surface area contributed by atoms with Crippen molar-refractivity contribution in [2.24, 2.45) is 0 Å². The second kappa shape index (κ2) is 27.5. The van der Waals surface area contributed by atoms with Crippen molar-refractivity contribution in [3.8, 4) is 101 Å². The van der Waals surface area contributed by atoms with Gasteiger partial charge in [0.2, 0.25) is 0 Å².